The number of anilines is 1. The van der Waals surface area contributed by atoms with Crippen LogP contribution >= 0.6 is 0 Å². The van der Waals surface area contributed by atoms with Crippen molar-refractivity contribution < 1.29 is 4.42 Å². The Balaban J connectivity index is 1.57. The molecule has 1 aliphatic rings. The second-order valence-electron chi connectivity index (χ2n) is 5.62. The van der Waals surface area contributed by atoms with Gasteiger partial charge < -0.3 is 15.1 Å². The van der Waals surface area contributed by atoms with Gasteiger partial charge in [0.2, 0.25) is 0 Å². The summed E-state index contributed by atoms with van der Waals surface area (Å²) in [6, 6.07) is 18.5. The summed E-state index contributed by atoms with van der Waals surface area (Å²) in [7, 11) is 0. The van der Waals surface area contributed by atoms with Gasteiger partial charge in [-0.25, -0.2) is 0 Å². The molecule has 1 aliphatic heterocycles. The molecule has 1 unspecified atom stereocenters. The molecule has 106 valence electrons. The first-order valence-corrected chi connectivity index (χ1v) is 7.38. The van der Waals surface area contributed by atoms with Gasteiger partial charge in [-0.1, -0.05) is 36.4 Å². The molecule has 2 heterocycles. The summed E-state index contributed by atoms with van der Waals surface area (Å²) in [5.41, 5.74) is 9.99. The molecule has 4 rings (SSSR count). The van der Waals surface area contributed by atoms with Gasteiger partial charge in [-0.3, -0.25) is 0 Å². The molecule has 3 heteroatoms. The van der Waals surface area contributed by atoms with Crippen LogP contribution in [0, 0.1) is 0 Å². The molecular weight excluding hydrogens is 260 g/mol. The van der Waals surface area contributed by atoms with Crippen LogP contribution in [0.3, 0.4) is 0 Å². The highest BCUT2D eigenvalue weighted by molar-refractivity contribution is 5.77. The number of furan rings is 1. The highest BCUT2D eigenvalue weighted by Crippen LogP contribution is 2.30. The maximum atomic E-state index is 6.36. The van der Waals surface area contributed by atoms with Gasteiger partial charge in [0.1, 0.15) is 11.3 Å². The van der Waals surface area contributed by atoms with Gasteiger partial charge in [0.25, 0.3) is 0 Å². The molecule has 0 fully saturated rings. The van der Waals surface area contributed by atoms with Crippen LogP contribution in [0.5, 0.6) is 0 Å². The molecule has 3 aromatic rings. The Morgan fingerprint density at radius 1 is 1.10 bits per heavy atom. The summed E-state index contributed by atoms with van der Waals surface area (Å²) in [4.78, 5) is 2.35. The topological polar surface area (TPSA) is 42.4 Å². The summed E-state index contributed by atoms with van der Waals surface area (Å²) in [6.07, 6.45) is 1.10. The summed E-state index contributed by atoms with van der Waals surface area (Å²) < 4.78 is 5.88. The van der Waals surface area contributed by atoms with Crippen molar-refractivity contribution in [2.75, 3.05) is 18.0 Å². The average molecular weight is 278 g/mol. The summed E-state index contributed by atoms with van der Waals surface area (Å²) in [5.74, 6) is 0.862. The van der Waals surface area contributed by atoms with E-state index in [4.69, 9.17) is 10.2 Å². The van der Waals surface area contributed by atoms with E-state index in [-0.39, 0.29) is 6.04 Å². The molecule has 2 N–H and O–H groups in total. The zero-order valence-electron chi connectivity index (χ0n) is 11.8. The molecule has 0 spiro atoms. The van der Waals surface area contributed by atoms with E-state index in [2.05, 4.69) is 41.3 Å². The molecule has 0 amide bonds. The first kappa shape index (κ1) is 12.5. The van der Waals surface area contributed by atoms with Crippen LogP contribution in [0.25, 0.3) is 11.0 Å². The maximum absolute atomic E-state index is 6.36. The Hall–Kier alpha value is -2.26. The van der Waals surface area contributed by atoms with Gasteiger partial charge >= 0.3 is 0 Å². The third-order valence-electron chi connectivity index (χ3n) is 4.21. The smallest absolute Gasteiger partial charge is 0.134 e. The molecular formula is C18H18N2O. The number of fused-ring (bicyclic) bond motifs is 2. The van der Waals surface area contributed by atoms with Gasteiger partial charge in [0.05, 0.1) is 6.04 Å². The van der Waals surface area contributed by atoms with Gasteiger partial charge in [-0.05, 0) is 30.2 Å². The summed E-state index contributed by atoms with van der Waals surface area (Å²) in [5, 5.41) is 1.12. The molecule has 0 saturated heterocycles. The van der Waals surface area contributed by atoms with Crippen molar-refractivity contribution in [3.05, 3.63) is 65.9 Å². The average Bonchev–Trinajstić information content (AvgIpc) is 3.11. The zero-order valence-corrected chi connectivity index (χ0v) is 11.8. The fourth-order valence-electron chi connectivity index (χ4n) is 3.11. The Bertz CT molecular complexity index is 744. The Morgan fingerprint density at radius 3 is 2.81 bits per heavy atom. The van der Waals surface area contributed by atoms with Crippen LogP contribution in [0.1, 0.15) is 17.4 Å². The number of hydrogen-bond acceptors (Lipinski definition) is 3. The fraction of sp³-hybridized carbons (Fsp3) is 0.222. The molecule has 21 heavy (non-hydrogen) atoms. The molecule has 0 saturated carbocycles. The Kier molecular flexibility index (Phi) is 2.93. The van der Waals surface area contributed by atoms with E-state index in [1.54, 1.807) is 0 Å². The van der Waals surface area contributed by atoms with Crippen molar-refractivity contribution in [3.63, 3.8) is 0 Å². The fourth-order valence-corrected chi connectivity index (χ4v) is 3.11. The molecule has 0 radical (unpaired) electrons. The van der Waals surface area contributed by atoms with Crippen molar-refractivity contribution in [3.8, 4) is 0 Å². The number of benzene rings is 2. The number of para-hydroxylation sites is 2. The minimum atomic E-state index is -0.108. The van der Waals surface area contributed by atoms with Gasteiger partial charge in [0, 0.05) is 24.2 Å². The minimum absolute atomic E-state index is 0.108. The quantitative estimate of drug-likeness (QED) is 0.797. The van der Waals surface area contributed by atoms with Crippen LogP contribution in [0.2, 0.25) is 0 Å². The monoisotopic (exact) mass is 278 g/mol. The molecule has 3 nitrogen and oxygen atoms in total. The van der Waals surface area contributed by atoms with E-state index in [9.17, 15) is 0 Å². The lowest BCUT2D eigenvalue weighted by Gasteiger charge is -2.22. The van der Waals surface area contributed by atoms with E-state index < -0.39 is 0 Å². The van der Waals surface area contributed by atoms with Crippen LogP contribution in [-0.4, -0.2) is 13.1 Å². The standard InChI is InChI=1S/C18H18N2O/c19-15(18-11-14-6-2-4-8-17(14)21-18)12-20-10-9-13-5-1-3-7-16(13)20/h1-8,11,15H,9-10,12,19H2. The van der Waals surface area contributed by atoms with Gasteiger partial charge in [-0.15, -0.1) is 0 Å². The van der Waals surface area contributed by atoms with Crippen molar-refractivity contribution >= 4 is 16.7 Å². The first-order valence-electron chi connectivity index (χ1n) is 7.38. The van der Waals surface area contributed by atoms with Crippen LogP contribution < -0.4 is 10.6 Å². The molecule has 1 aromatic heterocycles. The van der Waals surface area contributed by atoms with Crippen molar-refractivity contribution in [1.29, 1.82) is 0 Å². The third kappa shape index (κ3) is 2.20. The van der Waals surface area contributed by atoms with Crippen LogP contribution in [0.15, 0.2) is 59.0 Å². The number of nitrogens with zero attached hydrogens (tertiary/aromatic N) is 1. The zero-order chi connectivity index (χ0) is 14.2. The summed E-state index contributed by atoms with van der Waals surface area (Å²) >= 11 is 0. The van der Waals surface area contributed by atoms with Gasteiger partial charge in [-0.2, -0.15) is 0 Å². The van der Waals surface area contributed by atoms with E-state index in [1.165, 1.54) is 11.3 Å². The lowest BCUT2D eigenvalue weighted by molar-refractivity contribution is 0.492. The Labute approximate surface area is 124 Å². The highest BCUT2D eigenvalue weighted by atomic mass is 16.3. The maximum Gasteiger partial charge on any atom is 0.134 e. The highest BCUT2D eigenvalue weighted by Gasteiger charge is 2.22. The molecule has 1 atom stereocenters. The van der Waals surface area contributed by atoms with E-state index in [1.807, 2.05) is 18.2 Å². The summed E-state index contributed by atoms with van der Waals surface area (Å²) in [6.45, 7) is 1.82. The van der Waals surface area contributed by atoms with Crippen LogP contribution in [0.4, 0.5) is 5.69 Å². The lowest BCUT2D eigenvalue weighted by atomic mass is 10.1. The predicted octanol–water partition coefficient (Wildman–Crippen LogP) is 3.50. The van der Waals surface area contributed by atoms with Crippen LogP contribution in [-0.2, 0) is 6.42 Å². The predicted molar refractivity (Wildman–Crippen MR) is 85.5 cm³/mol. The number of nitrogens with two attached hydrogens (primary N) is 1. The second kappa shape index (κ2) is 4.93. The number of hydrogen-bond donors (Lipinski definition) is 1. The van der Waals surface area contributed by atoms with Crippen molar-refractivity contribution in [2.24, 2.45) is 5.73 Å². The van der Waals surface area contributed by atoms with Gasteiger partial charge in [0.15, 0.2) is 0 Å². The normalized spacial score (nSPS) is 15.4. The van der Waals surface area contributed by atoms with E-state index >= 15 is 0 Å². The lowest BCUT2D eigenvalue weighted by Crippen LogP contribution is -2.30. The van der Waals surface area contributed by atoms with Crippen molar-refractivity contribution in [1.82, 2.24) is 0 Å². The second-order valence-corrected chi connectivity index (χ2v) is 5.62. The van der Waals surface area contributed by atoms with Crippen molar-refractivity contribution in [2.45, 2.75) is 12.5 Å². The largest absolute Gasteiger partial charge is 0.459 e. The first-order chi connectivity index (χ1) is 10.3. The third-order valence-corrected chi connectivity index (χ3v) is 4.21. The van der Waals surface area contributed by atoms with E-state index in [0.717, 1.165) is 36.2 Å². The molecule has 2 aromatic carbocycles. The van der Waals surface area contributed by atoms with E-state index in [0.29, 0.717) is 0 Å². The number of rotatable bonds is 3. The molecule has 0 aliphatic carbocycles. The molecule has 0 bridgehead atoms. The minimum Gasteiger partial charge on any atom is -0.459 e. The Morgan fingerprint density at radius 2 is 1.90 bits per heavy atom. The SMILES string of the molecule is NC(CN1CCc2ccccc21)c1cc2ccccc2o1.